The molecule has 0 bridgehead atoms. The summed E-state index contributed by atoms with van der Waals surface area (Å²) in [6.45, 7) is 2.24. The van der Waals surface area contributed by atoms with Crippen molar-refractivity contribution in [3.8, 4) is 0 Å². The molecule has 1 spiro atoms. The molecule has 4 rings (SSSR count). The molecular formula is C22H19BrCl2N2OS. The Morgan fingerprint density at radius 1 is 1.17 bits per heavy atom. The van der Waals surface area contributed by atoms with Gasteiger partial charge in [-0.3, -0.25) is 14.7 Å². The normalized spacial score (nSPS) is 24.1. The van der Waals surface area contributed by atoms with Gasteiger partial charge in [-0.05, 0) is 74.1 Å². The van der Waals surface area contributed by atoms with E-state index in [0.717, 1.165) is 30.2 Å². The fourth-order valence-corrected chi connectivity index (χ4v) is 5.19. The van der Waals surface area contributed by atoms with Gasteiger partial charge in [0.2, 0.25) is 0 Å². The van der Waals surface area contributed by atoms with Crippen LogP contribution in [-0.4, -0.2) is 27.2 Å². The van der Waals surface area contributed by atoms with Gasteiger partial charge in [-0.1, -0.05) is 58.3 Å². The van der Waals surface area contributed by atoms with Crippen molar-refractivity contribution in [2.45, 2.75) is 38.3 Å². The molecule has 2 aromatic carbocycles. The molecule has 2 aromatic rings. The minimum Gasteiger partial charge on any atom is -0.271 e. The molecule has 0 atom stereocenters. The van der Waals surface area contributed by atoms with Crippen molar-refractivity contribution in [1.29, 1.82) is 0 Å². The van der Waals surface area contributed by atoms with Crippen molar-refractivity contribution in [3.05, 3.63) is 68.1 Å². The van der Waals surface area contributed by atoms with Crippen LogP contribution in [0.4, 0.5) is 0 Å². The summed E-state index contributed by atoms with van der Waals surface area (Å²) in [5.41, 5.74) is 1.26. The minimum atomic E-state index is -0.647. The molecule has 0 unspecified atom stereocenters. The van der Waals surface area contributed by atoms with Crippen molar-refractivity contribution >= 4 is 68.0 Å². The summed E-state index contributed by atoms with van der Waals surface area (Å²) in [6, 6.07) is 12.6. The lowest BCUT2D eigenvalue weighted by Gasteiger charge is -2.40. The van der Waals surface area contributed by atoms with E-state index in [9.17, 15) is 4.79 Å². The average molecular weight is 510 g/mol. The van der Waals surface area contributed by atoms with Gasteiger partial charge >= 0.3 is 0 Å². The third-order valence-corrected chi connectivity index (χ3v) is 7.15. The lowest BCUT2D eigenvalue weighted by Crippen LogP contribution is -2.51. The van der Waals surface area contributed by atoms with Crippen molar-refractivity contribution in [1.82, 2.24) is 4.90 Å². The monoisotopic (exact) mass is 508 g/mol. The maximum absolute atomic E-state index is 13.5. The van der Waals surface area contributed by atoms with E-state index in [1.807, 2.05) is 18.2 Å². The number of amides is 1. The van der Waals surface area contributed by atoms with Crippen LogP contribution >= 0.6 is 51.3 Å². The number of carbonyl (C=O) groups excluding carboxylic acids is 1. The second-order valence-corrected chi connectivity index (χ2v) is 9.85. The molecule has 7 heteroatoms. The lowest BCUT2D eigenvalue weighted by atomic mass is 9.82. The zero-order valence-corrected chi connectivity index (χ0v) is 19.7. The van der Waals surface area contributed by atoms with E-state index >= 15 is 0 Å². The Labute approximate surface area is 194 Å². The van der Waals surface area contributed by atoms with Crippen molar-refractivity contribution in [2.24, 2.45) is 10.9 Å². The second-order valence-electron chi connectivity index (χ2n) is 7.70. The summed E-state index contributed by atoms with van der Waals surface area (Å²) in [7, 11) is 0. The van der Waals surface area contributed by atoms with Gasteiger partial charge in [-0.15, -0.1) is 0 Å². The number of carbonyl (C=O) groups is 1. The van der Waals surface area contributed by atoms with Gasteiger partial charge < -0.3 is 0 Å². The number of aliphatic imine (C=N–C) groups is 1. The van der Waals surface area contributed by atoms with Crippen LogP contribution in [0.3, 0.4) is 0 Å². The molecule has 1 saturated carbocycles. The predicted octanol–water partition coefficient (Wildman–Crippen LogP) is 6.93. The van der Waals surface area contributed by atoms with Crippen LogP contribution in [0.25, 0.3) is 0 Å². The first-order valence-corrected chi connectivity index (χ1v) is 11.5. The largest absolute Gasteiger partial charge is 0.271 e. The molecule has 1 aliphatic heterocycles. The van der Waals surface area contributed by atoms with E-state index in [-0.39, 0.29) is 5.91 Å². The quantitative estimate of drug-likeness (QED) is 0.411. The molecule has 1 heterocycles. The summed E-state index contributed by atoms with van der Waals surface area (Å²) < 4.78 is 0.920. The lowest BCUT2D eigenvalue weighted by molar-refractivity contribution is 0.0613. The van der Waals surface area contributed by atoms with E-state index in [0.29, 0.717) is 37.8 Å². The first-order valence-electron chi connectivity index (χ1n) is 9.50. The van der Waals surface area contributed by atoms with Crippen molar-refractivity contribution < 1.29 is 4.79 Å². The molecule has 0 radical (unpaired) electrons. The number of thiocarbonyl (C=S) groups is 1. The van der Waals surface area contributed by atoms with Crippen LogP contribution < -0.4 is 0 Å². The van der Waals surface area contributed by atoms with Crippen LogP contribution in [0.1, 0.15) is 48.5 Å². The Morgan fingerprint density at radius 2 is 1.83 bits per heavy atom. The van der Waals surface area contributed by atoms with Crippen LogP contribution in [0.2, 0.25) is 10.0 Å². The highest BCUT2D eigenvalue weighted by atomic mass is 79.9. The fourth-order valence-electron chi connectivity index (χ4n) is 4.02. The number of nitrogens with zero attached hydrogens (tertiary/aromatic N) is 2. The van der Waals surface area contributed by atoms with Crippen LogP contribution in [0, 0.1) is 5.92 Å². The smallest absolute Gasteiger partial charge is 0.260 e. The maximum atomic E-state index is 13.5. The van der Waals surface area contributed by atoms with Gasteiger partial charge in [0.05, 0.1) is 5.02 Å². The SMILES string of the molecule is CC1CCC2(CC1)N=C(c1ccc(Cl)cc1Cl)C(=S)N2C(=O)c1ccc(Br)cc1. The molecule has 0 N–H and O–H groups in total. The highest BCUT2D eigenvalue weighted by Gasteiger charge is 2.50. The molecular weight excluding hydrogens is 491 g/mol. The molecule has 1 fully saturated rings. The first-order chi connectivity index (χ1) is 13.8. The van der Waals surface area contributed by atoms with Gasteiger partial charge in [0.15, 0.2) is 0 Å². The van der Waals surface area contributed by atoms with Crippen molar-refractivity contribution in [2.75, 3.05) is 0 Å². The highest BCUT2D eigenvalue weighted by Crippen LogP contribution is 2.43. The van der Waals surface area contributed by atoms with E-state index in [4.69, 9.17) is 40.4 Å². The Morgan fingerprint density at radius 3 is 2.45 bits per heavy atom. The van der Waals surface area contributed by atoms with E-state index in [2.05, 4.69) is 22.9 Å². The number of halogens is 3. The predicted molar refractivity (Wildman–Crippen MR) is 126 cm³/mol. The summed E-state index contributed by atoms with van der Waals surface area (Å²) in [5, 5.41) is 1.03. The van der Waals surface area contributed by atoms with Crippen molar-refractivity contribution in [3.63, 3.8) is 0 Å². The van der Waals surface area contributed by atoms with Gasteiger partial charge in [0, 0.05) is 20.6 Å². The van der Waals surface area contributed by atoms with Crippen LogP contribution in [0.5, 0.6) is 0 Å². The minimum absolute atomic E-state index is 0.124. The van der Waals surface area contributed by atoms with Gasteiger partial charge in [-0.2, -0.15) is 0 Å². The zero-order chi connectivity index (χ0) is 20.8. The highest BCUT2D eigenvalue weighted by molar-refractivity contribution is 9.10. The second kappa shape index (κ2) is 8.10. The molecule has 0 saturated heterocycles. The average Bonchev–Trinajstić information content (AvgIpc) is 2.96. The van der Waals surface area contributed by atoms with Gasteiger partial charge in [0.1, 0.15) is 16.4 Å². The number of hydrogen-bond donors (Lipinski definition) is 0. The molecule has 2 aliphatic rings. The summed E-state index contributed by atoms with van der Waals surface area (Å²) in [4.78, 5) is 20.7. The summed E-state index contributed by atoms with van der Waals surface area (Å²) in [6.07, 6.45) is 3.56. The third kappa shape index (κ3) is 3.90. The maximum Gasteiger partial charge on any atom is 0.260 e. The first kappa shape index (κ1) is 21.0. The Balaban J connectivity index is 1.79. The van der Waals surface area contributed by atoms with E-state index < -0.39 is 5.66 Å². The number of benzene rings is 2. The number of hydrogen-bond acceptors (Lipinski definition) is 3. The van der Waals surface area contributed by atoms with Crippen LogP contribution in [-0.2, 0) is 0 Å². The van der Waals surface area contributed by atoms with Gasteiger partial charge in [-0.25, -0.2) is 0 Å². The molecule has 1 amide bonds. The van der Waals surface area contributed by atoms with Crippen LogP contribution in [0.15, 0.2) is 51.9 Å². The fraction of sp³-hybridized carbons (Fsp3) is 0.318. The molecule has 1 aliphatic carbocycles. The van der Waals surface area contributed by atoms with E-state index in [1.165, 1.54) is 0 Å². The summed E-state index contributed by atoms with van der Waals surface area (Å²) >= 11 is 21.7. The molecule has 29 heavy (non-hydrogen) atoms. The summed E-state index contributed by atoms with van der Waals surface area (Å²) in [5.74, 6) is 0.484. The van der Waals surface area contributed by atoms with Gasteiger partial charge in [0.25, 0.3) is 5.91 Å². The Hall–Kier alpha value is -1.27. The molecule has 3 nitrogen and oxygen atoms in total. The molecule has 0 aromatic heterocycles. The third-order valence-electron chi connectivity index (χ3n) is 5.70. The Bertz CT molecular complexity index is 1010. The van der Waals surface area contributed by atoms with E-state index in [1.54, 1.807) is 29.2 Å². The zero-order valence-electron chi connectivity index (χ0n) is 15.8. The standard InChI is InChI=1S/C22H19BrCl2N2OS/c1-13-8-10-22(11-9-13)26-19(17-7-6-16(24)12-18(17)25)21(29)27(22)20(28)14-2-4-15(23)5-3-14/h2-7,12-13H,8-11H2,1H3. The Kier molecular flexibility index (Phi) is 5.86. The molecule has 150 valence electrons. The topological polar surface area (TPSA) is 32.7 Å². The number of rotatable bonds is 2.